The molecule has 3 rings (SSSR count). The van der Waals surface area contributed by atoms with E-state index >= 15 is 0 Å². The first-order valence-electron chi connectivity index (χ1n) is 9.80. The van der Waals surface area contributed by atoms with Crippen molar-refractivity contribution < 1.29 is 27.5 Å². The summed E-state index contributed by atoms with van der Waals surface area (Å²) in [5.74, 6) is -1.02. The van der Waals surface area contributed by atoms with E-state index in [1.165, 1.54) is 31.4 Å². The Morgan fingerprint density at radius 3 is 2.37 bits per heavy atom. The Labute approximate surface area is 176 Å². The Morgan fingerprint density at radius 2 is 1.70 bits per heavy atom. The fraction of sp³-hybridized carbons (Fsp3) is 0.364. The number of ether oxygens (including phenoxy) is 2. The topological polar surface area (TPSA) is 98.8 Å². The van der Waals surface area contributed by atoms with Gasteiger partial charge in [0.2, 0.25) is 10.0 Å². The molecular formula is C22H25NO6S. The fourth-order valence-corrected chi connectivity index (χ4v) is 4.85. The first-order chi connectivity index (χ1) is 14.4. The lowest BCUT2D eigenvalue weighted by Gasteiger charge is -2.27. The molecule has 0 spiro atoms. The average molecular weight is 432 g/mol. The van der Waals surface area contributed by atoms with Gasteiger partial charge in [0.25, 0.3) is 0 Å². The van der Waals surface area contributed by atoms with Gasteiger partial charge in [-0.1, -0.05) is 36.4 Å². The van der Waals surface area contributed by atoms with E-state index in [0.29, 0.717) is 25.7 Å². The van der Waals surface area contributed by atoms with Crippen LogP contribution in [0.5, 0.6) is 0 Å². The molecule has 1 aliphatic rings. The molecule has 0 aromatic heterocycles. The molecular weight excluding hydrogens is 406 g/mol. The average Bonchev–Trinajstić information content (AvgIpc) is 2.78. The fourth-order valence-electron chi connectivity index (χ4n) is 3.50. The van der Waals surface area contributed by atoms with Crippen LogP contribution in [0.15, 0.2) is 59.5 Å². The predicted molar refractivity (Wildman–Crippen MR) is 110 cm³/mol. The molecule has 0 unspecified atom stereocenters. The summed E-state index contributed by atoms with van der Waals surface area (Å²) in [7, 11) is -2.44. The molecule has 1 N–H and O–H groups in total. The highest BCUT2D eigenvalue weighted by Gasteiger charge is 2.29. The molecule has 0 heterocycles. The van der Waals surface area contributed by atoms with Crippen LogP contribution in [-0.4, -0.2) is 33.5 Å². The van der Waals surface area contributed by atoms with Gasteiger partial charge in [-0.15, -0.1) is 0 Å². The third kappa shape index (κ3) is 5.67. The molecule has 0 bridgehead atoms. The van der Waals surface area contributed by atoms with Crippen molar-refractivity contribution in [3.63, 3.8) is 0 Å². The Bertz CT molecular complexity index is 982. The molecule has 8 heteroatoms. The minimum atomic E-state index is -3.80. The number of esters is 2. The smallest absolute Gasteiger partial charge is 0.338 e. The van der Waals surface area contributed by atoms with Gasteiger partial charge in [-0.25, -0.2) is 17.9 Å². The van der Waals surface area contributed by atoms with Crippen LogP contribution in [0.4, 0.5) is 0 Å². The second-order valence-electron chi connectivity index (χ2n) is 7.28. The number of rotatable bonds is 7. The zero-order valence-corrected chi connectivity index (χ0v) is 17.6. The lowest BCUT2D eigenvalue weighted by atomic mass is 9.86. The standard InChI is InChI=1S/C22H25NO6S/c1-28-21(24)17-10-12-19(13-11-17)23-30(26,27)20-9-5-8-18(14-20)22(25)29-15-16-6-3-2-4-7-16/h2-9,14,17,19,23H,10-13,15H2,1H3/t17-,19+. The van der Waals surface area contributed by atoms with E-state index in [4.69, 9.17) is 9.47 Å². The van der Waals surface area contributed by atoms with Crippen LogP contribution in [0.1, 0.15) is 41.6 Å². The van der Waals surface area contributed by atoms with Crippen LogP contribution in [0.25, 0.3) is 0 Å². The summed E-state index contributed by atoms with van der Waals surface area (Å²) in [6.07, 6.45) is 2.26. The van der Waals surface area contributed by atoms with E-state index in [-0.39, 0.29) is 35.0 Å². The molecule has 0 radical (unpaired) electrons. The highest BCUT2D eigenvalue weighted by molar-refractivity contribution is 7.89. The molecule has 160 valence electrons. The Hall–Kier alpha value is -2.71. The molecule has 0 saturated heterocycles. The summed E-state index contributed by atoms with van der Waals surface area (Å²) in [6, 6.07) is 14.8. The maximum atomic E-state index is 12.8. The van der Waals surface area contributed by atoms with Gasteiger partial charge in [0, 0.05) is 6.04 Å². The first kappa shape index (κ1) is 22.0. The lowest BCUT2D eigenvalue weighted by Crippen LogP contribution is -2.38. The van der Waals surface area contributed by atoms with Gasteiger partial charge in [0.15, 0.2) is 0 Å². The van der Waals surface area contributed by atoms with Gasteiger partial charge in [-0.3, -0.25) is 4.79 Å². The van der Waals surface area contributed by atoms with Crippen LogP contribution in [0.2, 0.25) is 0 Å². The van der Waals surface area contributed by atoms with E-state index in [1.54, 1.807) is 0 Å². The van der Waals surface area contributed by atoms with Crippen molar-refractivity contribution in [1.82, 2.24) is 4.72 Å². The quantitative estimate of drug-likeness (QED) is 0.677. The zero-order valence-electron chi connectivity index (χ0n) is 16.7. The van der Waals surface area contributed by atoms with Gasteiger partial charge in [0.1, 0.15) is 6.61 Å². The zero-order chi connectivity index (χ0) is 21.6. The van der Waals surface area contributed by atoms with Gasteiger partial charge in [-0.05, 0) is 49.4 Å². The molecule has 1 fully saturated rings. The van der Waals surface area contributed by atoms with E-state index in [1.807, 2.05) is 30.3 Å². The van der Waals surface area contributed by atoms with Crippen molar-refractivity contribution in [2.24, 2.45) is 5.92 Å². The number of benzene rings is 2. The summed E-state index contributed by atoms with van der Waals surface area (Å²) in [4.78, 5) is 24.0. The van der Waals surface area contributed by atoms with Crippen LogP contribution >= 0.6 is 0 Å². The first-order valence-corrected chi connectivity index (χ1v) is 11.3. The van der Waals surface area contributed by atoms with E-state index in [0.717, 1.165) is 5.56 Å². The monoisotopic (exact) mass is 431 g/mol. The Kier molecular flexibility index (Phi) is 7.23. The number of methoxy groups -OCH3 is 1. The molecule has 7 nitrogen and oxygen atoms in total. The predicted octanol–water partition coefficient (Wildman–Crippen LogP) is 3.05. The van der Waals surface area contributed by atoms with Crippen molar-refractivity contribution in [3.8, 4) is 0 Å². The van der Waals surface area contributed by atoms with E-state index in [9.17, 15) is 18.0 Å². The van der Waals surface area contributed by atoms with Gasteiger partial charge in [0.05, 0.1) is 23.5 Å². The summed E-state index contributed by atoms with van der Waals surface area (Å²) >= 11 is 0. The molecule has 0 amide bonds. The van der Waals surface area contributed by atoms with Gasteiger partial charge in [-0.2, -0.15) is 0 Å². The summed E-state index contributed by atoms with van der Waals surface area (Å²) in [5, 5.41) is 0. The second-order valence-corrected chi connectivity index (χ2v) is 9.00. The number of hydrogen-bond donors (Lipinski definition) is 1. The normalized spacial score (nSPS) is 19.1. The molecule has 30 heavy (non-hydrogen) atoms. The van der Waals surface area contributed by atoms with Crippen molar-refractivity contribution >= 4 is 22.0 Å². The molecule has 1 saturated carbocycles. The molecule has 1 aliphatic carbocycles. The third-order valence-corrected chi connectivity index (χ3v) is 6.69. The van der Waals surface area contributed by atoms with Crippen molar-refractivity contribution in [2.75, 3.05) is 7.11 Å². The maximum absolute atomic E-state index is 12.8. The van der Waals surface area contributed by atoms with E-state index < -0.39 is 16.0 Å². The summed E-state index contributed by atoms with van der Waals surface area (Å²) in [6.45, 7) is 0.109. The number of nitrogens with one attached hydrogen (secondary N) is 1. The van der Waals surface area contributed by atoms with Crippen LogP contribution in [0, 0.1) is 5.92 Å². The number of sulfonamides is 1. The van der Waals surface area contributed by atoms with Crippen LogP contribution < -0.4 is 4.72 Å². The van der Waals surface area contributed by atoms with Gasteiger partial charge < -0.3 is 9.47 Å². The van der Waals surface area contributed by atoms with Crippen LogP contribution in [-0.2, 0) is 30.9 Å². The lowest BCUT2D eigenvalue weighted by molar-refractivity contribution is -0.146. The molecule has 0 aliphatic heterocycles. The van der Waals surface area contributed by atoms with Crippen LogP contribution in [0.3, 0.4) is 0 Å². The largest absolute Gasteiger partial charge is 0.469 e. The molecule has 0 atom stereocenters. The minimum Gasteiger partial charge on any atom is -0.469 e. The number of hydrogen-bond acceptors (Lipinski definition) is 6. The van der Waals surface area contributed by atoms with Crippen molar-refractivity contribution in [2.45, 2.75) is 43.2 Å². The summed E-state index contributed by atoms with van der Waals surface area (Å²) in [5.41, 5.74) is 1.02. The highest BCUT2D eigenvalue weighted by atomic mass is 32.2. The second kappa shape index (κ2) is 9.86. The molecule has 2 aromatic rings. The number of carbonyl (C=O) groups excluding carboxylic acids is 2. The molecule has 2 aromatic carbocycles. The Morgan fingerprint density at radius 1 is 1.00 bits per heavy atom. The Balaban J connectivity index is 1.61. The SMILES string of the molecule is COC(=O)[C@H]1CC[C@@H](NS(=O)(=O)c2cccc(C(=O)OCc3ccccc3)c2)CC1. The van der Waals surface area contributed by atoms with E-state index in [2.05, 4.69) is 4.72 Å². The van der Waals surface area contributed by atoms with Crippen molar-refractivity contribution in [3.05, 3.63) is 65.7 Å². The third-order valence-electron chi connectivity index (χ3n) is 5.18. The van der Waals surface area contributed by atoms with Gasteiger partial charge >= 0.3 is 11.9 Å². The summed E-state index contributed by atoms with van der Waals surface area (Å²) < 4.78 is 38.3. The highest BCUT2D eigenvalue weighted by Crippen LogP contribution is 2.26. The van der Waals surface area contributed by atoms with Crippen molar-refractivity contribution in [1.29, 1.82) is 0 Å². The number of carbonyl (C=O) groups is 2. The minimum absolute atomic E-state index is 0.00625. The maximum Gasteiger partial charge on any atom is 0.338 e.